The summed E-state index contributed by atoms with van der Waals surface area (Å²) in [6, 6.07) is 8.24. The molecular formula is C19H17F3N4OS. The van der Waals surface area contributed by atoms with Gasteiger partial charge in [-0.25, -0.2) is 9.97 Å². The molecule has 146 valence electrons. The van der Waals surface area contributed by atoms with E-state index in [1.54, 1.807) is 45.2 Å². The Morgan fingerprint density at radius 3 is 2.57 bits per heavy atom. The maximum atomic E-state index is 12.9. The third-order valence-corrected chi connectivity index (χ3v) is 5.76. The van der Waals surface area contributed by atoms with Crippen molar-refractivity contribution in [2.24, 2.45) is 0 Å². The van der Waals surface area contributed by atoms with E-state index in [4.69, 9.17) is 0 Å². The van der Waals surface area contributed by atoms with Gasteiger partial charge in [0, 0.05) is 28.5 Å². The van der Waals surface area contributed by atoms with Crippen molar-refractivity contribution < 1.29 is 17.4 Å². The molecule has 0 N–H and O–H groups in total. The first-order valence-corrected chi connectivity index (χ1v) is 9.75. The number of nitrogens with zero attached hydrogens (tertiary/aromatic N) is 4. The Hall–Kier alpha value is -2.73. The number of imidazole rings is 1. The summed E-state index contributed by atoms with van der Waals surface area (Å²) in [5.74, 6) is 0.358. The predicted octanol–water partition coefficient (Wildman–Crippen LogP) is 4.34. The lowest BCUT2D eigenvalue weighted by Crippen LogP contribution is -2.14. The SMILES string of the molecule is CCS(=O)c1cc(C(C)(C)C#N)ccc1-c1cn2cnc(C(F)(F)F)cc2n1. The normalized spacial score (nSPS) is 13.5. The summed E-state index contributed by atoms with van der Waals surface area (Å²) in [5, 5.41) is 9.37. The first-order valence-electron chi connectivity index (χ1n) is 8.43. The van der Waals surface area contributed by atoms with Crippen LogP contribution in [-0.2, 0) is 22.4 Å². The number of fused-ring (bicyclic) bond motifs is 1. The molecule has 1 unspecified atom stereocenters. The fourth-order valence-electron chi connectivity index (χ4n) is 2.71. The highest BCUT2D eigenvalue weighted by atomic mass is 32.2. The molecule has 0 aliphatic carbocycles. The second kappa shape index (κ2) is 7.02. The van der Waals surface area contributed by atoms with Gasteiger partial charge >= 0.3 is 6.18 Å². The van der Waals surface area contributed by atoms with Gasteiger partial charge in [-0.1, -0.05) is 19.1 Å². The van der Waals surface area contributed by atoms with Crippen LogP contribution in [0.3, 0.4) is 0 Å². The molecule has 0 radical (unpaired) electrons. The van der Waals surface area contributed by atoms with E-state index in [9.17, 15) is 22.6 Å². The van der Waals surface area contributed by atoms with Gasteiger partial charge in [-0.3, -0.25) is 8.61 Å². The zero-order valence-electron chi connectivity index (χ0n) is 15.4. The number of halogens is 3. The van der Waals surface area contributed by atoms with Crippen LogP contribution in [0.4, 0.5) is 13.2 Å². The molecule has 0 saturated carbocycles. The Kier molecular flexibility index (Phi) is 5.02. The van der Waals surface area contributed by atoms with Crippen molar-refractivity contribution in [1.29, 1.82) is 5.26 Å². The van der Waals surface area contributed by atoms with Crippen LogP contribution in [0, 0.1) is 11.3 Å². The number of benzene rings is 1. The summed E-state index contributed by atoms with van der Waals surface area (Å²) in [5.41, 5.74) is -0.0579. The topological polar surface area (TPSA) is 71.0 Å². The number of rotatable bonds is 4. The number of hydrogen-bond donors (Lipinski definition) is 0. The minimum Gasteiger partial charge on any atom is -0.290 e. The fraction of sp³-hybridized carbons (Fsp3) is 0.316. The Morgan fingerprint density at radius 1 is 1.25 bits per heavy atom. The lowest BCUT2D eigenvalue weighted by Gasteiger charge is -2.18. The molecule has 1 atom stereocenters. The van der Waals surface area contributed by atoms with Gasteiger partial charge in [-0.05, 0) is 25.5 Å². The van der Waals surface area contributed by atoms with Crippen LogP contribution in [0.5, 0.6) is 0 Å². The van der Waals surface area contributed by atoms with Crippen molar-refractivity contribution in [2.45, 2.75) is 37.3 Å². The number of nitriles is 1. The molecule has 5 nitrogen and oxygen atoms in total. The summed E-state index contributed by atoms with van der Waals surface area (Å²) in [6.45, 7) is 5.29. The van der Waals surface area contributed by atoms with E-state index in [0.717, 1.165) is 12.4 Å². The molecule has 28 heavy (non-hydrogen) atoms. The molecule has 3 rings (SSSR count). The van der Waals surface area contributed by atoms with Gasteiger partial charge in [-0.2, -0.15) is 18.4 Å². The third-order valence-electron chi connectivity index (χ3n) is 4.40. The maximum Gasteiger partial charge on any atom is 0.433 e. The summed E-state index contributed by atoms with van der Waals surface area (Å²) < 4.78 is 52.6. The van der Waals surface area contributed by atoms with Crippen LogP contribution in [-0.4, -0.2) is 24.3 Å². The zero-order chi connectivity index (χ0) is 20.7. The smallest absolute Gasteiger partial charge is 0.290 e. The highest BCUT2D eigenvalue weighted by Crippen LogP contribution is 2.33. The minimum atomic E-state index is -4.56. The fourth-order valence-corrected chi connectivity index (χ4v) is 3.69. The van der Waals surface area contributed by atoms with Gasteiger partial charge in [-0.15, -0.1) is 0 Å². The van der Waals surface area contributed by atoms with Crippen LogP contribution in [0.15, 0.2) is 41.7 Å². The van der Waals surface area contributed by atoms with Crippen LogP contribution in [0.25, 0.3) is 16.9 Å². The highest BCUT2D eigenvalue weighted by molar-refractivity contribution is 7.85. The molecule has 0 spiro atoms. The van der Waals surface area contributed by atoms with E-state index in [-0.39, 0.29) is 5.65 Å². The van der Waals surface area contributed by atoms with Gasteiger partial charge in [0.25, 0.3) is 0 Å². The van der Waals surface area contributed by atoms with Gasteiger partial charge in [0.15, 0.2) is 0 Å². The van der Waals surface area contributed by atoms with Gasteiger partial charge in [0.05, 0.1) is 28.0 Å². The van der Waals surface area contributed by atoms with E-state index >= 15 is 0 Å². The average Bonchev–Trinajstić information content (AvgIpc) is 3.09. The van der Waals surface area contributed by atoms with E-state index < -0.39 is 28.1 Å². The third kappa shape index (κ3) is 3.64. The number of alkyl halides is 3. The van der Waals surface area contributed by atoms with Crippen LogP contribution in [0.1, 0.15) is 32.0 Å². The molecule has 3 aromatic rings. The first kappa shape index (κ1) is 20.0. The molecule has 0 bridgehead atoms. The van der Waals surface area contributed by atoms with Gasteiger partial charge in [0.1, 0.15) is 17.7 Å². The number of aromatic nitrogens is 3. The molecule has 2 heterocycles. The summed E-state index contributed by atoms with van der Waals surface area (Å²) in [7, 11) is -1.34. The molecule has 9 heteroatoms. The summed E-state index contributed by atoms with van der Waals surface area (Å²) in [4.78, 5) is 8.18. The molecule has 0 amide bonds. The molecule has 0 saturated heterocycles. The molecule has 0 aliphatic rings. The average molecular weight is 406 g/mol. The standard InChI is InChI=1S/C19H17F3N4OS/c1-4-28(27)15-7-12(18(2,3)10-23)5-6-13(15)14-9-26-11-24-16(19(20,21)22)8-17(26)25-14/h5-9,11H,4H2,1-3H3. The first-order chi connectivity index (χ1) is 13.1. The minimum absolute atomic E-state index is 0.0898. The van der Waals surface area contributed by atoms with Gasteiger partial charge < -0.3 is 0 Å². The Morgan fingerprint density at radius 2 is 1.96 bits per heavy atom. The molecule has 0 fully saturated rings. The van der Waals surface area contributed by atoms with Crippen LogP contribution < -0.4 is 0 Å². The van der Waals surface area contributed by atoms with Gasteiger partial charge in [0.2, 0.25) is 0 Å². The Balaban J connectivity index is 2.17. The number of hydrogen-bond acceptors (Lipinski definition) is 4. The monoisotopic (exact) mass is 406 g/mol. The second-order valence-electron chi connectivity index (χ2n) is 6.75. The Labute approximate surface area is 162 Å². The highest BCUT2D eigenvalue weighted by Gasteiger charge is 2.33. The largest absolute Gasteiger partial charge is 0.433 e. The predicted molar refractivity (Wildman–Crippen MR) is 99.0 cm³/mol. The second-order valence-corrected chi connectivity index (χ2v) is 8.45. The zero-order valence-corrected chi connectivity index (χ0v) is 16.2. The Bertz CT molecular complexity index is 1110. The van der Waals surface area contributed by atoms with Crippen molar-refractivity contribution in [1.82, 2.24) is 14.4 Å². The maximum absolute atomic E-state index is 12.9. The van der Waals surface area contributed by atoms with Crippen molar-refractivity contribution in [3.05, 3.63) is 48.0 Å². The molecular weight excluding hydrogens is 389 g/mol. The van der Waals surface area contributed by atoms with Crippen molar-refractivity contribution >= 4 is 16.4 Å². The van der Waals surface area contributed by atoms with E-state index in [2.05, 4.69) is 16.0 Å². The van der Waals surface area contributed by atoms with E-state index in [1.807, 2.05) is 0 Å². The quantitative estimate of drug-likeness (QED) is 0.646. The lowest BCUT2D eigenvalue weighted by atomic mass is 9.86. The summed E-state index contributed by atoms with van der Waals surface area (Å²) in [6.07, 6.45) is -1.96. The van der Waals surface area contributed by atoms with E-state index in [1.165, 1.54) is 4.40 Å². The van der Waals surface area contributed by atoms with Crippen molar-refractivity contribution in [2.75, 3.05) is 5.75 Å². The van der Waals surface area contributed by atoms with Crippen LogP contribution >= 0.6 is 0 Å². The van der Waals surface area contributed by atoms with E-state index in [0.29, 0.717) is 27.5 Å². The van der Waals surface area contributed by atoms with Crippen molar-refractivity contribution in [3.63, 3.8) is 0 Å². The molecule has 2 aromatic heterocycles. The molecule has 0 aliphatic heterocycles. The lowest BCUT2D eigenvalue weighted by molar-refractivity contribution is -0.141. The molecule has 1 aromatic carbocycles. The summed E-state index contributed by atoms with van der Waals surface area (Å²) >= 11 is 0. The van der Waals surface area contributed by atoms with Crippen LogP contribution in [0.2, 0.25) is 0 Å². The van der Waals surface area contributed by atoms with Crippen molar-refractivity contribution in [3.8, 4) is 17.3 Å².